The molecule has 1 amide bonds. The first kappa shape index (κ1) is 13.0. The number of hydrogen-bond acceptors (Lipinski definition) is 5. The SMILES string of the molecule is Cc1noc(CCC(=O)NC2CCCCC2O)n1. The highest BCUT2D eigenvalue weighted by Crippen LogP contribution is 2.18. The summed E-state index contributed by atoms with van der Waals surface area (Å²) < 4.78 is 4.94. The number of aromatic nitrogens is 2. The third kappa shape index (κ3) is 3.53. The second kappa shape index (κ2) is 5.95. The summed E-state index contributed by atoms with van der Waals surface area (Å²) >= 11 is 0. The van der Waals surface area contributed by atoms with E-state index < -0.39 is 6.10 Å². The number of amides is 1. The summed E-state index contributed by atoms with van der Waals surface area (Å²) in [6, 6.07) is -0.101. The summed E-state index contributed by atoms with van der Waals surface area (Å²) in [4.78, 5) is 15.8. The summed E-state index contributed by atoms with van der Waals surface area (Å²) in [6.07, 6.45) is 4.06. The number of aryl methyl sites for hydroxylation is 2. The maximum Gasteiger partial charge on any atom is 0.227 e. The molecule has 1 aromatic heterocycles. The highest BCUT2D eigenvalue weighted by molar-refractivity contribution is 5.76. The van der Waals surface area contributed by atoms with Gasteiger partial charge in [-0.25, -0.2) is 0 Å². The van der Waals surface area contributed by atoms with Crippen molar-refractivity contribution in [2.45, 2.75) is 57.6 Å². The smallest absolute Gasteiger partial charge is 0.227 e. The lowest BCUT2D eigenvalue weighted by molar-refractivity contribution is -0.123. The Hall–Kier alpha value is -1.43. The van der Waals surface area contributed by atoms with E-state index >= 15 is 0 Å². The van der Waals surface area contributed by atoms with Gasteiger partial charge < -0.3 is 14.9 Å². The first-order valence-corrected chi connectivity index (χ1v) is 6.42. The molecule has 1 saturated carbocycles. The van der Waals surface area contributed by atoms with E-state index in [1.54, 1.807) is 6.92 Å². The van der Waals surface area contributed by atoms with Gasteiger partial charge in [-0.3, -0.25) is 4.79 Å². The Kier molecular flexibility index (Phi) is 4.30. The van der Waals surface area contributed by atoms with Gasteiger partial charge in [-0.05, 0) is 19.8 Å². The second-order valence-electron chi connectivity index (χ2n) is 4.76. The van der Waals surface area contributed by atoms with Crippen molar-refractivity contribution in [3.63, 3.8) is 0 Å². The number of hydrogen-bond donors (Lipinski definition) is 2. The number of rotatable bonds is 4. The number of carbonyl (C=O) groups excluding carboxylic acids is 1. The molecule has 0 radical (unpaired) electrons. The molecule has 1 aliphatic carbocycles. The summed E-state index contributed by atoms with van der Waals surface area (Å²) in [5.41, 5.74) is 0. The number of aliphatic hydroxyl groups excluding tert-OH is 1. The van der Waals surface area contributed by atoms with Crippen LogP contribution in [0, 0.1) is 6.92 Å². The minimum Gasteiger partial charge on any atom is -0.391 e. The van der Waals surface area contributed by atoms with Crippen LogP contribution < -0.4 is 5.32 Å². The van der Waals surface area contributed by atoms with Gasteiger partial charge in [0.15, 0.2) is 5.82 Å². The summed E-state index contributed by atoms with van der Waals surface area (Å²) in [7, 11) is 0. The molecular formula is C12H19N3O3. The van der Waals surface area contributed by atoms with Gasteiger partial charge in [0, 0.05) is 12.8 Å². The zero-order chi connectivity index (χ0) is 13.0. The molecule has 1 fully saturated rings. The van der Waals surface area contributed by atoms with Crippen LogP contribution in [0.5, 0.6) is 0 Å². The first-order chi connectivity index (χ1) is 8.65. The molecule has 0 saturated heterocycles. The van der Waals surface area contributed by atoms with Crippen LogP contribution >= 0.6 is 0 Å². The molecule has 2 N–H and O–H groups in total. The van der Waals surface area contributed by atoms with Gasteiger partial charge in [-0.15, -0.1) is 0 Å². The normalized spacial score (nSPS) is 23.9. The molecule has 2 rings (SSSR count). The molecule has 18 heavy (non-hydrogen) atoms. The predicted molar refractivity (Wildman–Crippen MR) is 63.8 cm³/mol. The molecule has 6 nitrogen and oxygen atoms in total. The van der Waals surface area contributed by atoms with Crippen LogP contribution in [0.3, 0.4) is 0 Å². The largest absolute Gasteiger partial charge is 0.391 e. The van der Waals surface area contributed by atoms with Gasteiger partial charge >= 0.3 is 0 Å². The Bertz CT molecular complexity index is 405. The van der Waals surface area contributed by atoms with E-state index in [1.165, 1.54) is 0 Å². The Balaban J connectivity index is 1.74. The fourth-order valence-electron chi connectivity index (χ4n) is 2.22. The van der Waals surface area contributed by atoms with E-state index in [-0.39, 0.29) is 11.9 Å². The van der Waals surface area contributed by atoms with Crippen molar-refractivity contribution in [3.05, 3.63) is 11.7 Å². The van der Waals surface area contributed by atoms with Crippen molar-refractivity contribution in [3.8, 4) is 0 Å². The molecule has 2 atom stereocenters. The second-order valence-corrected chi connectivity index (χ2v) is 4.76. The summed E-state index contributed by atoms with van der Waals surface area (Å²) in [5, 5.41) is 16.3. The van der Waals surface area contributed by atoms with Crippen LogP contribution in [0.15, 0.2) is 4.52 Å². The molecule has 1 aromatic rings. The first-order valence-electron chi connectivity index (χ1n) is 6.42. The van der Waals surface area contributed by atoms with Crippen LogP contribution in [0.25, 0.3) is 0 Å². The average Bonchev–Trinajstić information content (AvgIpc) is 2.76. The predicted octanol–water partition coefficient (Wildman–Crippen LogP) is 0.730. The van der Waals surface area contributed by atoms with Crippen molar-refractivity contribution < 1.29 is 14.4 Å². The Morgan fingerprint density at radius 3 is 2.94 bits per heavy atom. The molecule has 0 bridgehead atoms. The van der Waals surface area contributed by atoms with Gasteiger partial charge in [0.1, 0.15) is 0 Å². The van der Waals surface area contributed by atoms with E-state index in [9.17, 15) is 9.90 Å². The lowest BCUT2D eigenvalue weighted by Crippen LogP contribution is -2.45. The maximum absolute atomic E-state index is 11.7. The van der Waals surface area contributed by atoms with Crippen LogP contribution in [0.4, 0.5) is 0 Å². The van der Waals surface area contributed by atoms with E-state index in [4.69, 9.17) is 4.52 Å². The lowest BCUT2D eigenvalue weighted by atomic mass is 9.92. The zero-order valence-electron chi connectivity index (χ0n) is 10.6. The molecule has 0 aromatic carbocycles. The highest BCUT2D eigenvalue weighted by Gasteiger charge is 2.24. The Morgan fingerprint density at radius 1 is 1.50 bits per heavy atom. The van der Waals surface area contributed by atoms with Crippen LogP contribution in [-0.4, -0.2) is 33.3 Å². The van der Waals surface area contributed by atoms with Gasteiger partial charge in [0.2, 0.25) is 11.8 Å². The average molecular weight is 253 g/mol. The summed E-state index contributed by atoms with van der Waals surface area (Å²) in [5.74, 6) is 0.983. The van der Waals surface area contributed by atoms with E-state index in [0.717, 1.165) is 25.7 Å². The number of nitrogens with one attached hydrogen (secondary N) is 1. The fourth-order valence-corrected chi connectivity index (χ4v) is 2.22. The topological polar surface area (TPSA) is 88.2 Å². The van der Waals surface area contributed by atoms with Gasteiger partial charge in [-0.1, -0.05) is 18.0 Å². The van der Waals surface area contributed by atoms with Crippen molar-refractivity contribution in [1.29, 1.82) is 0 Å². The van der Waals surface area contributed by atoms with E-state index in [1.807, 2.05) is 0 Å². The van der Waals surface area contributed by atoms with Crippen molar-refractivity contribution in [1.82, 2.24) is 15.5 Å². The molecule has 6 heteroatoms. The molecule has 1 heterocycles. The van der Waals surface area contributed by atoms with Gasteiger partial charge in [-0.2, -0.15) is 4.98 Å². The van der Waals surface area contributed by atoms with E-state index in [2.05, 4.69) is 15.5 Å². The highest BCUT2D eigenvalue weighted by atomic mass is 16.5. The van der Waals surface area contributed by atoms with Crippen LogP contribution in [-0.2, 0) is 11.2 Å². The van der Waals surface area contributed by atoms with E-state index in [0.29, 0.717) is 24.6 Å². The van der Waals surface area contributed by atoms with Crippen molar-refractivity contribution >= 4 is 5.91 Å². The number of carbonyl (C=O) groups is 1. The van der Waals surface area contributed by atoms with Crippen molar-refractivity contribution in [2.75, 3.05) is 0 Å². The quantitative estimate of drug-likeness (QED) is 0.825. The summed E-state index contributed by atoms with van der Waals surface area (Å²) in [6.45, 7) is 1.74. The molecule has 100 valence electrons. The van der Waals surface area contributed by atoms with Crippen LogP contribution in [0.2, 0.25) is 0 Å². The molecule has 0 aliphatic heterocycles. The third-order valence-electron chi connectivity index (χ3n) is 3.21. The number of nitrogens with zero attached hydrogens (tertiary/aromatic N) is 2. The van der Waals surface area contributed by atoms with Gasteiger partial charge in [0.25, 0.3) is 0 Å². The fraction of sp³-hybridized carbons (Fsp3) is 0.750. The minimum atomic E-state index is -0.409. The zero-order valence-corrected chi connectivity index (χ0v) is 10.6. The molecule has 2 unspecified atom stereocenters. The molecule has 0 spiro atoms. The standard InChI is InChI=1S/C12H19N3O3/c1-8-13-12(18-15-8)7-6-11(17)14-9-4-2-3-5-10(9)16/h9-10,16H,2-7H2,1H3,(H,14,17). The van der Waals surface area contributed by atoms with Crippen molar-refractivity contribution in [2.24, 2.45) is 0 Å². The maximum atomic E-state index is 11.7. The molecule has 1 aliphatic rings. The Morgan fingerprint density at radius 2 is 2.28 bits per heavy atom. The lowest BCUT2D eigenvalue weighted by Gasteiger charge is -2.28. The monoisotopic (exact) mass is 253 g/mol. The Labute approximate surface area is 106 Å². The number of aliphatic hydroxyl groups is 1. The third-order valence-corrected chi connectivity index (χ3v) is 3.21. The minimum absolute atomic E-state index is 0.0724. The molecular weight excluding hydrogens is 234 g/mol. The van der Waals surface area contributed by atoms with Crippen LogP contribution in [0.1, 0.15) is 43.8 Å². The van der Waals surface area contributed by atoms with Gasteiger partial charge in [0.05, 0.1) is 12.1 Å².